The highest BCUT2D eigenvalue weighted by molar-refractivity contribution is 5.98. The molecule has 8 nitrogen and oxygen atoms in total. The lowest BCUT2D eigenvalue weighted by Crippen LogP contribution is -2.41. The Balaban J connectivity index is 1.59. The summed E-state index contributed by atoms with van der Waals surface area (Å²) in [5.41, 5.74) is 2.27. The molecule has 31 heavy (non-hydrogen) atoms. The van der Waals surface area contributed by atoms with Crippen LogP contribution in [0.5, 0.6) is 5.75 Å². The summed E-state index contributed by atoms with van der Waals surface area (Å²) in [5, 5.41) is 3.17. The van der Waals surface area contributed by atoms with Crippen LogP contribution in [0.3, 0.4) is 0 Å². The predicted octanol–water partition coefficient (Wildman–Crippen LogP) is 2.27. The fourth-order valence-corrected chi connectivity index (χ4v) is 3.57. The Labute approximate surface area is 179 Å². The third-order valence-electron chi connectivity index (χ3n) is 5.21. The van der Waals surface area contributed by atoms with Crippen molar-refractivity contribution in [2.45, 2.75) is 26.8 Å². The van der Waals surface area contributed by atoms with E-state index in [4.69, 9.17) is 4.74 Å². The molecule has 0 aliphatic carbocycles. The monoisotopic (exact) mass is 420 g/mol. The lowest BCUT2D eigenvalue weighted by atomic mass is 10.1. The Hall–Kier alpha value is -3.68. The molecule has 0 radical (unpaired) electrons. The van der Waals surface area contributed by atoms with Gasteiger partial charge in [0, 0.05) is 12.1 Å². The quantitative estimate of drug-likeness (QED) is 0.684. The molecule has 1 N–H and O–H groups in total. The van der Waals surface area contributed by atoms with E-state index in [1.165, 1.54) is 10.9 Å². The van der Waals surface area contributed by atoms with Crippen LogP contribution in [0.4, 0.5) is 5.69 Å². The number of benzene rings is 2. The Bertz CT molecular complexity index is 1220. The summed E-state index contributed by atoms with van der Waals surface area (Å²) in [4.78, 5) is 44.0. The molecule has 0 unspecified atom stereocenters. The highest BCUT2D eigenvalue weighted by Crippen LogP contribution is 2.32. The van der Waals surface area contributed by atoms with Gasteiger partial charge in [0.1, 0.15) is 18.9 Å². The summed E-state index contributed by atoms with van der Waals surface area (Å²) in [6.45, 7) is 5.19. The molecule has 3 aromatic rings. The molecule has 0 fully saturated rings. The molecule has 1 aromatic heterocycles. The van der Waals surface area contributed by atoms with Gasteiger partial charge in [0.2, 0.25) is 5.91 Å². The van der Waals surface area contributed by atoms with Gasteiger partial charge >= 0.3 is 0 Å². The maximum atomic E-state index is 13.0. The van der Waals surface area contributed by atoms with Gasteiger partial charge in [-0.3, -0.25) is 19.0 Å². The van der Waals surface area contributed by atoms with E-state index in [-0.39, 0.29) is 23.9 Å². The van der Waals surface area contributed by atoms with Crippen molar-refractivity contribution in [2.24, 2.45) is 0 Å². The molecule has 0 saturated heterocycles. The first-order valence-corrected chi connectivity index (χ1v) is 10.3. The Morgan fingerprint density at radius 1 is 1.19 bits per heavy atom. The van der Waals surface area contributed by atoms with Crippen LogP contribution >= 0.6 is 0 Å². The highest BCUT2D eigenvalue weighted by atomic mass is 16.5. The number of fused-ring (bicyclic) bond motifs is 2. The number of hydrogen-bond donors (Lipinski definition) is 1. The summed E-state index contributed by atoms with van der Waals surface area (Å²) in [5.74, 6) is 0.239. The second-order valence-electron chi connectivity index (χ2n) is 7.53. The number of carbonyl (C=O) groups excluding carboxylic acids is 2. The van der Waals surface area contributed by atoms with Crippen LogP contribution in [-0.4, -0.2) is 41.1 Å². The number of nitrogens with zero attached hydrogens (tertiary/aromatic N) is 3. The maximum Gasteiger partial charge on any atom is 0.261 e. The number of anilines is 1. The Morgan fingerprint density at radius 3 is 2.84 bits per heavy atom. The van der Waals surface area contributed by atoms with E-state index in [1.54, 1.807) is 23.1 Å². The van der Waals surface area contributed by atoms with Gasteiger partial charge in [-0.1, -0.05) is 13.0 Å². The van der Waals surface area contributed by atoms with E-state index >= 15 is 0 Å². The zero-order valence-corrected chi connectivity index (χ0v) is 17.6. The number of aromatic nitrogens is 2. The molecule has 0 saturated carbocycles. The van der Waals surface area contributed by atoms with E-state index in [9.17, 15) is 14.4 Å². The maximum absolute atomic E-state index is 13.0. The Morgan fingerprint density at radius 2 is 2.03 bits per heavy atom. The molecular formula is C23H24N4O4. The minimum absolute atomic E-state index is 0.131. The smallest absolute Gasteiger partial charge is 0.261 e. The summed E-state index contributed by atoms with van der Waals surface area (Å²) in [7, 11) is 0. The standard InChI is InChI=1S/C23H24N4O4/c1-3-8-24-22(29)16-5-6-17-18(12-16)25-14-26(23(17)30)13-21(28)27-9-10-31-20-7-4-15(2)11-19(20)27/h4-7,11-12,14H,3,8-10,13H2,1-2H3,(H,24,29). The first-order valence-electron chi connectivity index (χ1n) is 10.3. The van der Waals surface area contributed by atoms with E-state index in [0.717, 1.165) is 12.0 Å². The van der Waals surface area contributed by atoms with Crippen molar-refractivity contribution in [3.8, 4) is 5.75 Å². The number of nitrogens with one attached hydrogen (secondary N) is 1. The van der Waals surface area contributed by atoms with Crippen molar-refractivity contribution < 1.29 is 14.3 Å². The van der Waals surface area contributed by atoms with Crippen LogP contribution in [0.2, 0.25) is 0 Å². The van der Waals surface area contributed by atoms with E-state index in [0.29, 0.717) is 47.6 Å². The highest BCUT2D eigenvalue weighted by Gasteiger charge is 2.24. The van der Waals surface area contributed by atoms with Gasteiger partial charge in [-0.2, -0.15) is 0 Å². The molecule has 4 rings (SSSR count). The first-order chi connectivity index (χ1) is 15.0. The van der Waals surface area contributed by atoms with Crippen molar-refractivity contribution in [3.05, 3.63) is 64.2 Å². The largest absolute Gasteiger partial charge is 0.490 e. The first kappa shape index (κ1) is 20.6. The van der Waals surface area contributed by atoms with Crippen molar-refractivity contribution in [2.75, 3.05) is 24.6 Å². The molecule has 2 heterocycles. The zero-order chi connectivity index (χ0) is 22.0. The predicted molar refractivity (Wildman–Crippen MR) is 118 cm³/mol. The van der Waals surface area contributed by atoms with Crippen LogP contribution in [0, 0.1) is 6.92 Å². The molecule has 1 aliphatic heterocycles. The molecule has 0 spiro atoms. The topological polar surface area (TPSA) is 93.5 Å². The van der Waals surface area contributed by atoms with Gasteiger partial charge in [0.05, 0.1) is 29.5 Å². The van der Waals surface area contributed by atoms with Gasteiger partial charge in [-0.15, -0.1) is 0 Å². The van der Waals surface area contributed by atoms with Crippen LogP contribution < -0.4 is 20.5 Å². The number of ether oxygens (including phenoxy) is 1. The lowest BCUT2D eigenvalue weighted by Gasteiger charge is -2.30. The summed E-state index contributed by atoms with van der Waals surface area (Å²) in [6.07, 6.45) is 2.19. The van der Waals surface area contributed by atoms with Crippen molar-refractivity contribution in [3.63, 3.8) is 0 Å². The third kappa shape index (κ3) is 4.14. The normalized spacial score (nSPS) is 12.9. The number of amides is 2. The fourth-order valence-electron chi connectivity index (χ4n) is 3.57. The van der Waals surface area contributed by atoms with Crippen LogP contribution in [-0.2, 0) is 11.3 Å². The molecule has 2 amide bonds. The second-order valence-corrected chi connectivity index (χ2v) is 7.53. The van der Waals surface area contributed by atoms with Crippen LogP contribution in [0.25, 0.3) is 10.9 Å². The fraction of sp³-hybridized carbons (Fsp3) is 0.304. The summed E-state index contributed by atoms with van der Waals surface area (Å²) < 4.78 is 6.94. The third-order valence-corrected chi connectivity index (χ3v) is 5.21. The number of carbonyl (C=O) groups is 2. The number of rotatable bonds is 5. The summed E-state index contributed by atoms with van der Waals surface area (Å²) >= 11 is 0. The van der Waals surface area contributed by atoms with E-state index in [1.807, 2.05) is 32.0 Å². The van der Waals surface area contributed by atoms with Crippen molar-refractivity contribution in [1.82, 2.24) is 14.9 Å². The molecule has 1 aliphatic rings. The average Bonchev–Trinajstić information content (AvgIpc) is 2.78. The average molecular weight is 420 g/mol. The van der Waals surface area contributed by atoms with Crippen molar-refractivity contribution in [1.29, 1.82) is 0 Å². The minimum atomic E-state index is -0.323. The molecule has 160 valence electrons. The van der Waals surface area contributed by atoms with Gasteiger partial charge < -0.3 is 15.0 Å². The summed E-state index contributed by atoms with van der Waals surface area (Å²) in [6, 6.07) is 10.5. The number of aryl methyl sites for hydroxylation is 1. The van der Waals surface area contributed by atoms with Gasteiger partial charge in [0.15, 0.2) is 0 Å². The van der Waals surface area contributed by atoms with Gasteiger partial charge in [-0.05, 0) is 49.2 Å². The molecule has 0 bridgehead atoms. The van der Waals surface area contributed by atoms with Gasteiger partial charge in [0.25, 0.3) is 11.5 Å². The van der Waals surface area contributed by atoms with Gasteiger partial charge in [-0.25, -0.2) is 4.98 Å². The van der Waals surface area contributed by atoms with E-state index < -0.39 is 0 Å². The molecule has 2 aromatic carbocycles. The zero-order valence-electron chi connectivity index (χ0n) is 17.6. The van der Waals surface area contributed by atoms with Crippen LogP contribution in [0.1, 0.15) is 29.3 Å². The van der Waals surface area contributed by atoms with Crippen LogP contribution in [0.15, 0.2) is 47.5 Å². The molecular weight excluding hydrogens is 396 g/mol. The molecule has 8 heteroatoms. The number of hydrogen-bond acceptors (Lipinski definition) is 5. The van der Waals surface area contributed by atoms with E-state index in [2.05, 4.69) is 10.3 Å². The minimum Gasteiger partial charge on any atom is -0.490 e. The van der Waals surface area contributed by atoms with Crippen molar-refractivity contribution >= 4 is 28.4 Å². The Kier molecular flexibility index (Phi) is 5.70. The lowest BCUT2D eigenvalue weighted by molar-refractivity contribution is -0.119. The SMILES string of the molecule is CCCNC(=O)c1ccc2c(=O)n(CC(=O)N3CCOc4ccc(C)cc43)cnc2c1. The molecule has 0 atom stereocenters. The second kappa shape index (κ2) is 8.59.